The van der Waals surface area contributed by atoms with Crippen LogP contribution in [0.15, 0.2) is 122 Å². The topological polar surface area (TPSA) is 149 Å². The second kappa shape index (κ2) is 19.2. The van der Waals surface area contributed by atoms with Gasteiger partial charge in [-0.2, -0.15) is 9.46 Å². The summed E-state index contributed by atoms with van der Waals surface area (Å²) in [5.41, 5.74) is 0.425. The first-order valence-corrected chi connectivity index (χ1v) is 17.8. The summed E-state index contributed by atoms with van der Waals surface area (Å²) in [5, 5.41) is 28.1. The predicted octanol–water partition coefficient (Wildman–Crippen LogP) is 11.1. The highest BCUT2D eigenvalue weighted by atomic mass is 35.5. The van der Waals surface area contributed by atoms with Gasteiger partial charge in [0, 0.05) is 24.3 Å². The molecule has 2 aromatic heterocycles. The average Bonchev–Trinajstić information content (AvgIpc) is 3.15. The lowest BCUT2D eigenvalue weighted by molar-refractivity contribution is -0.604. The van der Waals surface area contributed by atoms with E-state index in [1.165, 1.54) is 85.2 Å². The summed E-state index contributed by atoms with van der Waals surface area (Å²) in [6.45, 7) is 0. The molecule has 2 N–H and O–H groups in total. The standard InChI is InChI=1S/2C19H11Cl2F3N2O4/c2*20-15-8-14(18(27)25-11-2-1-7-26(28)10-11)17(9-16(15)21)29-12-3-5-13(6-4-12)30-19(22,23)24/h2*1-10H,(H,25,27). The van der Waals surface area contributed by atoms with Gasteiger partial charge in [0.15, 0.2) is 12.4 Å². The number of amides is 2. The fraction of sp³-hybridized carbons (Fsp3) is 0.0526. The van der Waals surface area contributed by atoms with Crippen molar-refractivity contribution in [3.63, 3.8) is 0 Å². The smallest absolute Gasteiger partial charge is 0.573 e. The quantitative estimate of drug-likeness (QED) is 0.0784. The highest BCUT2D eigenvalue weighted by Gasteiger charge is 2.32. The van der Waals surface area contributed by atoms with Gasteiger partial charge in [0.05, 0.1) is 31.2 Å². The number of benzene rings is 4. The third kappa shape index (κ3) is 13.3. The van der Waals surface area contributed by atoms with Crippen molar-refractivity contribution in [3.8, 4) is 34.5 Å². The molecule has 312 valence electrons. The molecule has 0 spiro atoms. The summed E-state index contributed by atoms with van der Waals surface area (Å²) in [5.74, 6) is -1.93. The molecule has 0 unspecified atom stereocenters. The van der Waals surface area contributed by atoms with Crippen molar-refractivity contribution in [2.24, 2.45) is 0 Å². The summed E-state index contributed by atoms with van der Waals surface area (Å²) in [6, 6.07) is 20.1. The van der Waals surface area contributed by atoms with Gasteiger partial charge in [-0.15, -0.1) is 26.3 Å². The number of ether oxygens (including phenoxy) is 4. The molecule has 0 aliphatic carbocycles. The molecule has 0 saturated carbocycles. The van der Waals surface area contributed by atoms with Crippen molar-refractivity contribution in [1.82, 2.24) is 0 Å². The summed E-state index contributed by atoms with van der Waals surface area (Å²) >= 11 is 24.0. The molecule has 2 heterocycles. The summed E-state index contributed by atoms with van der Waals surface area (Å²) in [7, 11) is 0. The van der Waals surface area contributed by atoms with Gasteiger partial charge in [0.2, 0.25) is 12.4 Å². The van der Waals surface area contributed by atoms with Crippen LogP contribution in [-0.2, 0) is 0 Å². The monoisotopic (exact) mass is 916 g/mol. The van der Waals surface area contributed by atoms with Crippen LogP contribution in [0.1, 0.15) is 20.7 Å². The Bertz CT molecular complexity index is 2330. The number of anilines is 2. The van der Waals surface area contributed by atoms with Crippen LogP contribution in [0, 0.1) is 10.4 Å². The molecular weight excluding hydrogens is 896 g/mol. The molecule has 6 rings (SSSR count). The van der Waals surface area contributed by atoms with E-state index in [2.05, 4.69) is 20.1 Å². The van der Waals surface area contributed by atoms with Crippen LogP contribution >= 0.6 is 46.4 Å². The third-order valence-corrected chi connectivity index (χ3v) is 8.61. The van der Waals surface area contributed by atoms with Gasteiger partial charge in [0.25, 0.3) is 11.8 Å². The van der Waals surface area contributed by atoms with Crippen molar-refractivity contribution in [3.05, 3.63) is 163 Å². The fourth-order valence-electron chi connectivity index (χ4n) is 4.71. The Morgan fingerprint density at radius 3 is 1.15 bits per heavy atom. The molecular formula is C38H22Cl4F6N4O8. The zero-order valence-corrected chi connectivity index (χ0v) is 32.5. The van der Waals surface area contributed by atoms with Crippen LogP contribution in [0.25, 0.3) is 0 Å². The van der Waals surface area contributed by atoms with Crippen LogP contribution < -0.4 is 39.0 Å². The zero-order valence-electron chi connectivity index (χ0n) is 29.5. The molecule has 0 bridgehead atoms. The predicted molar refractivity (Wildman–Crippen MR) is 206 cm³/mol. The molecule has 0 radical (unpaired) electrons. The SMILES string of the molecule is O=C(Nc1ccc[n+]([O-])c1)c1cc(Cl)c(Cl)cc1Oc1ccc(OC(F)(F)F)cc1.O=C(Nc1ccc[n+]([O-])c1)c1cc(Cl)c(Cl)cc1Oc1ccc(OC(F)(F)F)cc1. The molecule has 0 fully saturated rings. The molecule has 2 amide bonds. The number of carbonyl (C=O) groups excluding carboxylic acids is 2. The van der Waals surface area contributed by atoms with Crippen molar-refractivity contribution in [2.45, 2.75) is 12.7 Å². The maximum absolute atomic E-state index is 12.7. The Morgan fingerprint density at radius 1 is 0.517 bits per heavy atom. The molecule has 0 atom stereocenters. The zero-order chi connectivity index (χ0) is 43.8. The lowest BCUT2D eigenvalue weighted by atomic mass is 10.1. The van der Waals surface area contributed by atoms with E-state index < -0.39 is 36.0 Å². The van der Waals surface area contributed by atoms with Crippen molar-refractivity contribution in [2.75, 3.05) is 10.6 Å². The average molecular weight is 918 g/mol. The van der Waals surface area contributed by atoms with Gasteiger partial charge in [-0.05, 0) is 72.8 Å². The molecule has 4 aromatic carbocycles. The van der Waals surface area contributed by atoms with Gasteiger partial charge >= 0.3 is 12.7 Å². The summed E-state index contributed by atoms with van der Waals surface area (Å²) in [4.78, 5) is 25.3. The maximum Gasteiger partial charge on any atom is 0.573 e. The molecule has 22 heteroatoms. The van der Waals surface area contributed by atoms with E-state index in [1.54, 1.807) is 0 Å². The van der Waals surface area contributed by atoms with Crippen LogP contribution in [0.5, 0.6) is 34.5 Å². The number of aromatic nitrogens is 2. The number of halogens is 10. The van der Waals surface area contributed by atoms with Crippen LogP contribution in [-0.4, -0.2) is 24.5 Å². The number of rotatable bonds is 10. The number of alkyl halides is 6. The highest BCUT2D eigenvalue weighted by molar-refractivity contribution is 6.43. The van der Waals surface area contributed by atoms with E-state index in [1.807, 2.05) is 0 Å². The number of nitrogens with zero attached hydrogens (tertiary/aromatic N) is 2. The van der Waals surface area contributed by atoms with Crippen LogP contribution in [0.3, 0.4) is 0 Å². The molecule has 0 aliphatic rings. The van der Waals surface area contributed by atoms with E-state index in [-0.39, 0.29) is 65.6 Å². The first-order chi connectivity index (χ1) is 28.2. The van der Waals surface area contributed by atoms with E-state index in [4.69, 9.17) is 55.9 Å². The second-order valence-electron chi connectivity index (χ2n) is 11.6. The first-order valence-electron chi connectivity index (χ1n) is 16.3. The minimum atomic E-state index is -4.82. The third-order valence-electron chi connectivity index (χ3n) is 7.17. The van der Waals surface area contributed by atoms with Crippen LogP contribution in [0.2, 0.25) is 20.1 Å². The largest absolute Gasteiger partial charge is 0.619 e. The van der Waals surface area contributed by atoms with Gasteiger partial charge < -0.3 is 40.0 Å². The molecule has 0 aliphatic heterocycles. The number of hydrogen-bond acceptors (Lipinski definition) is 8. The second-order valence-corrected chi connectivity index (χ2v) is 13.2. The normalized spacial score (nSPS) is 11.1. The minimum Gasteiger partial charge on any atom is -0.619 e. The fourth-order valence-corrected chi connectivity index (χ4v) is 5.34. The van der Waals surface area contributed by atoms with E-state index in [0.29, 0.717) is 9.46 Å². The molecule has 6 aromatic rings. The lowest BCUT2D eigenvalue weighted by Gasteiger charge is -2.14. The van der Waals surface area contributed by atoms with Crippen LogP contribution in [0.4, 0.5) is 37.7 Å². The Morgan fingerprint density at radius 2 is 0.833 bits per heavy atom. The number of hydrogen-bond donors (Lipinski definition) is 2. The van der Waals surface area contributed by atoms with E-state index >= 15 is 0 Å². The Hall–Kier alpha value is -6.34. The van der Waals surface area contributed by atoms with Gasteiger partial charge in [-0.3, -0.25) is 9.59 Å². The van der Waals surface area contributed by atoms with Gasteiger partial charge in [-0.1, -0.05) is 46.4 Å². The minimum absolute atomic E-state index is 0.00248. The number of pyridine rings is 2. The maximum atomic E-state index is 12.7. The van der Waals surface area contributed by atoms with Crippen molar-refractivity contribution < 1.29 is 64.3 Å². The first kappa shape index (κ1) is 44.8. The molecule has 60 heavy (non-hydrogen) atoms. The highest BCUT2D eigenvalue weighted by Crippen LogP contribution is 2.37. The van der Waals surface area contributed by atoms with E-state index in [9.17, 15) is 46.3 Å². The molecule has 12 nitrogen and oxygen atoms in total. The van der Waals surface area contributed by atoms with Crippen molar-refractivity contribution >= 4 is 69.6 Å². The van der Waals surface area contributed by atoms with Gasteiger partial charge in [-0.25, -0.2) is 0 Å². The Kier molecular flexibility index (Phi) is 14.3. The Balaban J connectivity index is 0.000000228. The number of carbonyl (C=O) groups is 2. The molecule has 0 saturated heterocycles. The Labute approximate surface area is 354 Å². The summed E-state index contributed by atoms with van der Waals surface area (Å²) < 4.78 is 93.4. The summed E-state index contributed by atoms with van der Waals surface area (Å²) in [6.07, 6.45) is -4.86. The lowest BCUT2D eigenvalue weighted by Crippen LogP contribution is -2.25. The van der Waals surface area contributed by atoms with Gasteiger partial charge in [0.1, 0.15) is 45.9 Å². The number of nitrogens with one attached hydrogen (secondary N) is 2. The van der Waals surface area contributed by atoms with Crippen molar-refractivity contribution in [1.29, 1.82) is 0 Å². The van der Waals surface area contributed by atoms with E-state index in [0.717, 1.165) is 36.7 Å².